The van der Waals surface area contributed by atoms with Crippen LogP contribution in [0.1, 0.15) is 41.6 Å². The summed E-state index contributed by atoms with van der Waals surface area (Å²) in [5.74, 6) is -1.06. The van der Waals surface area contributed by atoms with Gasteiger partial charge in [0.15, 0.2) is 22.9 Å². The number of hydrogen-bond acceptors (Lipinski definition) is 8. The minimum Gasteiger partial charge on any atom is -0.380 e. The van der Waals surface area contributed by atoms with Gasteiger partial charge in [0.1, 0.15) is 17.2 Å². The molecule has 4 aromatic rings. The molecule has 0 unspecified atom stereocenters. The molecular weight excluding hydrogens is 556 g/mol. The number of carbonyl (C=O) groups excluding carboxylic acids is 1. The summed E-state index contributed by atoms with van der Waals surface area (Å²) in [6.45, 7) is 3.12. The number of alkyl halides is 2. The summed E-state index contributed by atoms with van der Waals surface area (Å²) in [5.41, 5.74) is 4.84. The lowest BCUT2D eigenvalue weighted by Crippen LogP contribution is -2.66. The third-order valence-corrected chi connectivity index (χ3v) is 7.33. The quantitative estimate of drug-likeness (QED) is 0.238. The van der Waals surface area contributed by atoms with Crippen LogP contribution < -0.4 is 10.6 Å². The van der Waals surface area contributed by atoms with Crippen LogP contribution in [0.25, 0.3) is 16.6 Å². The molecule has 4 heterocycles. The second kappa shape index (κ2) is 11.8. The number of amides is 1. The van der Waals surface area contributed by atoms with Gasteiger partial charge in [-0.1, -0.05) is 0 Å². The zero-order chi connectivity index (χ0) is 30.9. The SMILES string of the molecule is C#C.Cc1nc(N2CC(O)(C(F)F)C2)ccc1C(=O)N(C)[C@@H](C)CCCc1nc2c3cc(F)cc(F)c3nc(N)n2n1. The molecule has 1 aliphatic rings. The monoisotopic (exact) mass is 586 g/mol. The summed E-state index contributed by atoms with van der Waals surface area (Å²) in [7, 11) is 1.68. The molecule has 42 heavy (non-hydrogen) atoms. The highest BCUT2D eigenvalue weighted by Crippen LogP contribution is 2.31. The van der Waals surface area contributed by atoms with Gasteiger partial charge in [0.2, 0.25) is 5.95 Å². The molecule has 1 fully saturated rings. The number of aryl methyl sites for hydroxylation is 2. The molecule has 1 saturated heterocycles. The van der Waals surface area contributed by atoms with Crippen molar-refractivity contribution in [1.29, 1.82) is 0 Å². The number of pyridine rings is 1. The average Bonchev–Trinajstić information content (AvgIpc) is 3.37. The van der Waals surface area contributed by atoms with Crippen LogP contribution in [-0.4, -0.2) is 78.7 Å². The third kappa shape index (κ3) is 5.64. The summed E-state index contributed by atoms with van der Waals surface area (Å²) >= 11 is 0. The van der Waals surface area contributed by atoms with Gasteiger partial charge < -0.3 is 20.6 Å². The number of aromatic nitrogens is 5. The molecule has 0 radical (unpaired) electrons. The topological polar surface area (TPSA) is 126 Å². The molecule has 1 aromatic carbocycles. The smallest absolute Gasteiger partial charge is 0.270 e. The van der Waals surface area contributed by atoms with Crippen molar-refractivity contribution in [2.45, 2.75) is 51.2 Å². The van der Waals surface area contributed by atoms with Crippen LogP contribution >= 0.6 is 0 Å². The molecule has 0 bridgehead atoms. The molecule has 3 aromatic heterocycles. The highest BCUT2D eigenvalue weighted by Gasteiger charge is 2.49. The van der Waals surface area contributed by atoms with Crippen LogP contribution in [0.3, 0.4) is 0 Å². The van der Waals surface area contributed by atoms with E-state index < -0.39 is 23.7 Å². The molecule has 1 atom stereocenters. The molecule has 10 nitrogen and oxygen atoms in total. The first-order valence-electron chi connectivity index (χ1n) is 13.0. The van der Waals surface area contributed by atoms with Crippen molar-refractivity contribution in [2.24, 2.45) is 0 Å². The van der Waals surface area contributed by atoms with Crippen LogP contribution in [0.4, 0.5) is 29.3 Å². The van der Waals surface area contributed by atoms with E-state index in [1.54, 1.807) is 31.0 Å². The van der Waals surface area contributed by atoms with Crippen LogP contribution in [0.2, 0.25) is 0 Å². The number of terminal acetylenes is 1. The van der Waals surface area contributed by atoms with Crippen LogP contribution in [-0.2, 0) is 6.42 Å². The zero-order valence-electron chi connectivity index (χ0n) is 23.2. The molecule has 1 aliphatic heterocycles. The van der Waals surface area contributed by atoms with E-state index in [4.69, 9.17) is 5.73 Å². The standard InChI is InChI=1S/C26H28F4N8O2.C2H2/c1-13(36(3)23(39)16-7-8-20(32-14(16)2)37-11-26(40,12-37)24(29)30)5-4-6-19-33-22-17-9-15(27)10-18(28)21(17)34-25(31)38(22)35-19;1-2/h7-10,13,24,40H,4-6,11-12H2,1-3H3,(H2,31,34);1-2H/t13-;/m0./s1. The number of β-amino-alcohol motifs (C(OH)–C–C–N with tert-alkyl or cyclic N) is 1. The van der Waals surface area contributed by atoms with E-state index in [0.29, 0.717) is 42.2 Å². The second-order valence-corrected chi connectivity index (χ2v) is 10.2. The van der Waals surface area contributed by atoms with Gasteiger partial charge in [0, 0.05) is 25.6 Å². The van der Waals surface area contributed by atoms with E-state index in [1.165, 1.54) is 9.42 Å². The van der Waals surface area contributed by atoms with Gasteiger partial charge in [0.05, 0.1) is 29.7 Å². The largest absolute Gasteiger partial charge is 0.380 e. The van der Waals surface area contributed by atoms with E-state index >= 15 is 0 Å². The molecule has 14 heteroatoms. The van der Waals surface area contributed by atoms with Gasteiger partial charge >= 0.3 is 0 Å². The van der Waals surface area contributed by atoms with E-state index in [-0.39, 0.29) is 47.5 Å². The first-order valence-corrected chi connectivity index (χ1v) is 13.0. The lowest BCUT2D eigenvalue weighted by Gasteiger charge is -2.46. The maximum atomic E-state index is 14.2. The van der Waals surface area contributed by atoms with Crippen molar-refractivity contribution >= 4 is 34.2 Å². The number of anilines is 2. The number of hydrogen-bond donors (Lipinski definition) is 2. The third-order valence-electron chi connectivity index (χ3n) is 7.33. The Balaban J connectivity index is 0.00000198. The normalized spacial score (nSPS) is 14.9. The number of fused-ring (bicyclic) bond motifs is 3. The fourth-order valence-electron chi connectivity index (χ4n) is 4.81. The minimum absolute atomic E-state index is 0.0701. The molecule has 3 N–H and O–H groups in total. The Morgan fingerprint density at radius 3 is 2.52 bits per heavy atom. The molecule has 0 spiro atoms. The van der Waals surface area contributed by atoms with Gasteiger partial charge in [-0.2, -0.15) is 4.52 Å². The van der Waals surface area contributed by atoms with Gasteiger partial charge in [-0.15, -0.1) is 17.9 Å². The summed E-state index contributed by atoms with van der Waals surface area (Å²) in [6.07, 6.45) is 6.82. The summed E-state index contributed by atoms with van der Waals surface area (Å²) in [4.78, 5) is 29.1. The lowest BCUT2D eigenvalue weighted by atomic mass is 9.95. The van der Waals surface area contributed by atoms with Crippen LogP contribution in [0.15, 0.2) is 24.3 Å². The fourth-order valence-corrected chi connectivity index (χ4v) is 4.81. The molecule has 0 saturated carbocycles. The summed E-state index contributed by atoms with van der Waals surface area (Å²) < 4.78 is 55.1. The number of nitrogen functional groups attached to an aromatic ring is 1. The molecule has 1 amide bonds. The number of benzene rings is 1. The van der Waals surface area contributed by atoms with E-state index in [9.17, 15) is 27.5 Å². The van der Waals surface area contributed by atoms with Gasteiger partial charge in [-0.25, -0.2) is 32.5 Å². The van der Waals surface area contributed by atoms with E-state index in [2.05, 4.69) is 32.9 Å². The Hall–Kier alpha value is -4.51. The van der Waals surface area contributed by atoms with Crippen molar-refractivity contribution in [1.82, 2.24) is 29.5 Å². The zero-order valence-corrected chi connectivity index (χ0v) is 23.2. The Labute approximate surface area is 239 Å². The highest BCUT2D eigenvalue weighted by molar-refractivity contribution is 5.95. The molecular formula is C28H30F4N8O2. The molecule has 5 rings (SSSR count). The number of nitrogens with two attached hydrogens (primary N) is 1. The highest BCUT2D eigenvalue weighted by atomic mass is 19.3. The lowest BCUT2D eigenvalue weighted by molar-refractivity contribution is -0.112. The number of carbonyl (C=O) groups is 1. The van der Waals surface area contributed by atoms with Crippen molar-refractivity contribution in [3.05, 3.63) is 53.0 Å². The predicted molar refractivity (Wildman–Crippen MR) is 149 cm³/mol. The predicted octanol–water partition coefficient (Wildman–Crippen LogP) is 3.39. The van der Waals surface area contributed by atoms with Crippen LogP contribution in [0, 0.1) is 31.4 Å². The van der Waals surface area contributed by atoms with Crippen molar-refractivity contribution < 1.29 is 27.5 Å². The van der Waals surface area contributed by atoms with Crippen molar-refractivity contribution in [3.8, 4) is 12.8 Å². The number of halogens is 4. The molecule has 0 aliphatic carbocycles. The number of rotatable bonds is 8. The van der Waals surface area contributed by atoms with E-state index in [1.807, 2.05) is 6.92 Å². The molecule has 222 valence electrons. The van der Waals surface area contributed by atoms with Gasteiger partial charge in [0.25, 0.3) is 12.3 Å². The average molecular weight is 587 g/mol. The van der Waals surface area contributed by atoms with Crippen LogP contribution in [0.5, 0.6) is 0 Å². The maximum Gasteiger partial charge on any atom is 0.270 e. The maximum absolute atomic E-state index is 14.2. The van der Waals surface area contributed by atoms with E-state index in [0.717, 1.165) is 12.1 Å². The second-order valence-electron chi connectivity index (χ2n) is 10.2. The van der Waals surface area contributed by atoms with Crippen molar-refractivity contribution in [3.63, 3.8) is 0 Å². The first kappa shape index (κ1) is 30.4. The summed E-state index contributed by atoms with van der Waals surface area (Å²) in [5, 5.41) is 14.3. The van der Waals surface area contributed by atoms with Crippen molar-refractivity contribution in [2.75, 3.05) is 30.8 Å². The summed E-state index contributed by atoms with van der Waals surface area (Å²) in [6, 6.07) is 4.91. The van der Waals surface area contributed by atoms with Gasteiger partial charge in [-0.3, -0.25) is 4.79 Å². The Morgan fingerprint density at radius 1 is 1.19 bits per heavy atom. The first-order chi connectivity index (χ1) is 19.9. The number of aliphatic hydroxyl groups is 1. The number of nitrogens with zero attached hydrogens (tertiary/aromatic N) is 7. The Bertz CT molecular complexity index is 1650. The van der Waals surface area contributed by atoms with Gasteiger partial charge in [-0.05, 0) is 44.9 Å². The Morgan fingerprint density at radius 2 is 1.88 bits per heavy atom. The fraction of sp³-hybridized carbons (Fsp3) is 0.393. The minimum atomic E-state index is -2.84. The Kier molecular flexibility index (Phi) is 8.53.